The van der Waals surface area contributed by atoms with Gasteiger partial charge < -0.3 is 14.2 Å². The quantitative estimate of drug-likeness (QED) is 0.867. The van der Waals surface area contributed by atoms with Gasteiger partial charge in [0.25, 0.3) is 5.91 Å². The first-order valence-electron chi connectivity index (χ1n) is 7.59. The average Bonchev–Trinajstić information content (AvgIpc) is 3.29. The van der Waals surface area contributed by atoms with Crippen LogP contribution in [0.5, 0.6) is 0 Å². The summed E-state index contributed by atoms with van der Waals surface area (Å²) in [6.45, 7) is 2.00. The molecule has 0 N–H and O–H groups in total. The van der Waals surface area contributed by atoms with Gasteiger partial charge >= 0.3 is 0 Å². The third-order valence-corrected chi connectivity index (χ3v) is 4.28. The number of benzene rings is 1. The molecule has 0 radical (unpaired) electrons. The topological polar surface area (TPSA) is 68.5 Å². The van der Waals surface area contributed by atoms with Crippen molar-refractivity contribution in [2.24, 2.45) is 5.92 Å². The number of ether oxygens (including phenoxy) is 1. The largest absolute Gasteiger partial charge is 0.374 e. The molecule has 1 unspecified atom stereocenters. The normalized spacial score (nSPS) is 21.8. The fourth-order valence-corrected chi connectivity index (χ4v) is 2.86. The Morgan fingerprint density at radius 1 is 1.23 bits per heavy atom. The average molecular weight is 299 g/mol. The molecule has 2 heterocycles. The Kier molecular flexibility index (Phi) is 3.38. The van der Waals surface area contributed by atoms with E-state index in [0.717, 1.165) is 5.56 Å². The Bertz CT molecular complexity index is 650. The first-order valence-corrected chi connectivity index (χ1v) is 7.59. The van der Waals surface area contributed by atoms with Crippen LogP contribution in [0.2, 0.25) is 0 Å². The van der Waals surface area contributed by atoms with Gasteiger partial charge in [-0.15, -0.1) is 0 Å². The Morgan fingerprint density at radius 2 is 2.05 bits per heavy atom. The molecular weight excluding hydrogens is 282 g/mol. The van der Waals surface area contributed by atoms with Gasteiger partial charge in [0.1, 0.15) is 0 Å². The second kappa shape index (κ2) is 5.53. The van der Waals surface area contributed by atoms with E-state index in [-0.39, 0.29) is 12.0 Å². The van der Waals surface area contributed by atoms with Crippen molar-refractivity contribution in [2.45, 2.75) is 18.9 Å². The van der Waals surface area contributed by atoms with Gasteiger partial charge in [0, 0.05) is 24.2 Å². The fourth-order valence-electron chi connectivity index (χ4n) is 2.86. The summed E-state index contributed by atoms with van der Waals surface area (Å²) in [6.07, 6.45) is 3.97. The van der Waals surface area contributed by atoms with Gasteiger partial charge in [-0.05, 0) is 30.9 Å². The van der Waals surface area contributed by atoms with E-state index in [4.69, 9.17) is 9.26 Å². The molecule has 0 bridgehead atoms. The Morgan fingerprint density at radius 3 is 2.73 bits per heavy atom. The van der Waals surface area contributed by atoms with Crippen LogP contribution in [0.1, 0.15) is 23.2 Å². The highest BCUT2D eigenvalue weighted by molar-refractivity contribution is 5.94. The van der Waals surface area contributed by atoms with E-state index in [1.807, 2.05) is 29.2 Å². The number of carbonyl (C=O) groups is 1. The lowest BCUT2D eigenvalue weighted by Gasteiger charge is -2.33. The number of amides is 1. The maximum atomic E-state index is 12.6. The standard InChI is InChI=1S/C16H17N3O3/c20-16(19-7-8-21-14(9-19)11-1-2-11)13-5-3-12(4-6-13)15-17-10-22-18-15/h3-6,10-11,14H,1-2,7-9H2. The zero-order valence-corrected chi connectivity index (χ0v) is 12.1. The number of carbonyl (C=O) groups excluding carboxylic acids is 1. The van der Waals surface area contributed by atoms with Crippen LogP contribution in [-0.4, -0.2) is 46.7 Å². The minimum Gasteiger partial charge on any atom is -0.374 e. The Hall–Kier alpha value is -2.21. The molecule has 1 aromatic heterocycles. The van der Waals surface area contributed by atoms with Gasteiger partial charge in [-0.1, -0.05) is 17.3 Å². The zero-order chi connectivity index (χ0) is 14.9. The van der Waals surface area contributed by atoms with E-state index in [0.29, 0.717) is 37.0 Å². The number of rotatable bonds is 3. The monoisotopic (exact) mass is 299 g/mol. The van der Waals surface area contributed by atoms with Crippen LogP contribution in [0, 0.1) is 5.92 Å². The maximum Gasteiger partial charge on any atom is 0.254 e. The third kappa shape index (κ3) is 2.62. The molecule has 2 fully saturated rings. The van der Waals surface area contributed by atoms with E-state index in [9.17, 15) is 4.79 Å². The summed E-state index contributed by atoms with van der Waals surface area (Å²) in [7, 11) is 0. The number of hydrogen-bond acceptors (Lipinski definition) is 5. The van der Waals surface area contributed by atoms with Crippen LogP contribution in [-0.2, 0) is 4.74 Å². The summed E-state index contributed by atoms with van der Waals surface area (Å²) in [4.78, 5) is 18.5. The number of aromatic nitrogens is 2. The number of hydrogen-bond donors (Lipinski definition) is 0. The summed E-state index contributed by atoms with van der Waals surface area (Å²) in [5.41, 5.74) is 1.52. The molecule has 4 rings (SSSR count). The van der Waals surface area contributed by atoms with Gasteiger partial charge in [-0.3, -0.25) is 4.79 Å². The SMILES string of the molecule is O=C(c1ccc(-c2ncon2)cc1)N1CCOC(C2CC2)C1. The second-order valence-corrected chi connectivity index (χ2v) is 5.83. The summed E-state index contributed by atoms with van der Waals surface area (Å²) in [5.74, 6) is 1.24. The lowest BCUT2D eigenvalue weighted by Crippen LogP contribution is -2.46. The number of nitrogens with zero attached hydrogens (tertiary/aromatic N) is 3. The van der Waals surface area contributed by atoms with Crippen LogP contribution in [0.15, 0.2) is 35.2 Å². The van der Waals surface area contributed by atoms with Crippen LogP contribution in [0.3, 0.4) is 0 Å². The van der Waals surface area contributed by atoms with Crippen molar-refractivity contribution in [3.8, 4) is 11.4 Å². The van der Waals surface area contributed by atoms with Gasteiger partial charge in [0.05, 0.1) is 12.7 Å². The van der Waals surface area contributed by atoms with Crippen molar-refractivity contribution >= 4 is 5.91 Å². The molecule has 6 heteroatoms. The first-order chi connectivity index (χ1) is 10.8. The molecule has 1 aromatic carbocycles. The van der Waals surface area contributed by atoms with Gasteiger partial charge in [-0.2, -0.15) is 4.98 Å². The summed E-state index contributed by atoms with van der Waals surface area (Å²) < 4.78 is 10.5. The maximum absolute atomic E-state index is 12.6. The second-order valence-electron chi connectivity index (χ2n) is 5.83. The van der Waals surface area contributed by atoms with Gasteiger partial charge in [0.2, 0.25) is 12.2 Å². The Balaban J connectivity index is 1.47. The van der Waals surface area contributed by atoms with Crippen molar-refractivity contribution in [3.05, 3.63) is 36.2 Å². The highest BCUT2D eigenvalue weighted by Crippen LogP contribution is 2.35. The molecule has 2 aromatic rings. The molecule has 114 valence electrons. The summed E-state index contributed by atoms with van der Waals surface area (Å²) >= 11 is 0. The van der Waals surface area contributed by atoms with Crippen LogP contribution in [0.25, 0.3) is 11.4 Å². The predicted octanol–water partition coefficient (Wildman–Crippen LogP) is 1.99. The molecule has 1 aliphatic carbocycles. The predicted molar refractivity (Wildman–Crippen MR) is 78.1 cm³/mol. The molecule has 1 saturated heterocycles. The molecular formula is C16H17N3O3. The molecule has 1 aliphatic heterocycles. The van der Waals surface area contributed by atoms with Crippen LogP contribution < -0.4 is 0 Å². The Labute approximate surface area is 128 Å². The summed E-state index contributed by atoms with van der Waals surface area (Å²) in [6, 6.07) is 7.32. The van der Waals surface area contributed by atoms with E-state index in [1.54, 1.807) is 0 Å². The highest BCUT2D eigenvalue weighted by Gasteiger charge is 2.36. The number of morpholine rings is 1. The van der Waals surface area contributed by atoms with Gasteiger partial charge in [0.15, 0.2) is 0 Å². The lowest BCUT2D eigenvalue weighted by atomic mass is 10.1. The summed E-state index contributed by atoms with van der Waals surface area (Å²) in [5, 5.41) is 3.79. The van der Waals surface area contributed by atoms with E-state index in [1.165, 1.54) is 19.2 Å². The van der Waals surface area contributed by atoms with Crippen molar-refractivity contribution in [2.75, 3.05) is 19.7 Å². The molecule has 6 nitrogen and oxygen atoms in total. The molecule has 1 saturated carbocycles. The fraction of sp³-hybridized carbons (Fsp3) is 0.438. The van der Waals surface area contributed by atoms with Crippen molar-refractivity contribution in [1.82, 2.24) is 15.0 Å². The highest BCUT2D eigenvalue weighted by atomic mass is 16.5. The zero-order valence-electron chi connectivity index (χ0n) is 12.1. The molecule has 0 spiro atoms. The molecule has 22 heavy (non-hydrogen) atoms. The van der Waals surface area contributed by atoms with Crippen LogP contribution in [0.4, 0.5) is 0 Å². The molecule has 1 amide bonds. The lowest BCUT2D eigenvalue weighted by molar-refractivity contribution is -0.0313. The van der Waals surface area contributed by atoms with E-state index in [2.05, 4.69) is 10.1 Å². The van der Waals surface area contributed by atoms with E-state index < -0.39 is 0 Å². The van der Waals surface area contributed by atoms with Crippen molar-refractivity contribution in [1.29, 1.82) is 0 Å². The first kappa shape index (κ1) is 13.5. The molecule has 2 aliphatic rings. The van der Waals surface area contributed by atoms with E-state index >= 15 is 0 Å². The smallest absolute Gasteiger partial charge is 0.254 e. The van der Waals surface area contributed by atoms with Gasteiger partial charge in [-0.25, -0.2) is 0 Å². The van der Waals surface area contributed by atoms with Crippen molar-refractivity contribution in [3.63, 3.8) is 0 Å². The van der Waals surface area contributed by atoms with Crippen LogP contribution >= 0.6 is 0 Å². The minimum atomic E-state index is 0.0635. The minimum absolute atomic E-state index is 0.0635. The van der Waals surface area contributed by atoms with Crippen molar-refractivity contribution < 1.29 is 14.1 Å². The third-order valence-electron chi connectivity index (χ3n) is 4.28. The molecule has 1 atom stereocenters.